The molecule has 3 rings (SSSR count). The maximum atomic E-state index is 9.03. The lowest BCUT2D eigenvalue weighted by Crippen LogP contribution is -2.03. The topological polar surface area (TPSA) is 63.8 Å². The van der Waals surface area contributed by atoms with E-state index in [1.165, 1.54) is 0 Å². The summed E-state index contributed by atoms with van der Waals surface area (Å²) < 4.78 is 2.03. The van der Waals surface area contributed by atoms with Crippen LogP contribution >= 0.6 is 0 Å². The summed E-state index contributed by atoms with van der Waals surface area (Å²) in [6, 6.07) is 7.68. The Hall–Kier alpha value is -2.27. The summed E-state index contributed by atoms with van der Waals surface area (Å²) in [4.78, 5) is 13.1. The minimum atomic E-state index is 0.152. The summed E-state index contributed by atoms with van der Waals surface area (Å²) in [6.45, 7) is 0.841. The smallest absolute Gasteiger partial charge is 0.160 e. The molecule has 96 valence electrons. The van der Waals surface area contributed by atoms with Gasteiger partial charge in [-0.3, -0.25) is 4.98 Å². The number of aromatic nitrogens is 4. The van der Waals surface area contributed by atoms with Crippen molar-refractivity contribution in [1.29, 1.82) is 0 Å². The fraction of sp³-hybridized carbons (Fsp3) is 0.214. The van der Waals surface area contributed by atoms with E-state index < -0.39 is 0 Å². The van der Waals surface area contributed by atoms with Gasteiger partial charge >= 0.3 is 0 Å². The van der Waals surface area contributed by atoms with Gasteiger partial charge in [-0.25, -0.2) is 9.97 Å². The molecular formula is C14H14N4O. The highest BCUT2D eigenvalue weighted by atomic mass is 16.3. The van der Waals surface area contributed by atoms with E-state index in [2.05, 4.69) is 15.0 Å². The number of aliphatic hydroxyl groups is 1. The molecule has 19 heavy (non-hydrogen) atoms. The summed E-state index contributed by atoms with van der Waals surface area (Å²) >= 11 is 0. The van der Waals surface area contributed by atoms with Crippen LogP contribution in [-0.4, -0.2) is 31.2 Å². The van der Waals surface area contributed by atoms with E-state index in [1.54, 1.807) is 18.6 Å². The molecule has 5 nitrogen and oxygen atoms in total. The molecule has 0 amide bonds. The molecule has 0 saturated carbocycles. The average Bonchev–Trinajstić information content (AvgIpc) is 2.85. The molecule has 0 fully saturated rings. The van der Waals surface area contributed by atoms with Crippen LogP contribution in [0.15, 0.2) is 42.9 Å². The van der Waals surface area contributed by atoms with E-state index in [9.17, 15) is 0 Å². The van der Waals surface area contributed by atoms with Crippen LogP contribution in [0.4, 0.5) is 0 Å². The fourth-order valence-electron chi connectivity index (χ4n) is 2.11. The van der Waals surface area contributed by atoms with Crippen LogP contribution < -0.4 is 0 Å². The van der Waals surface area contributed by atoms with Gasteiger partial charge in [-0.1, -0.05) is 0 Å². The zero-order valence-corrected chi connectivity index (χ0v) is 10.4. The van der Waals surface area contributed by atoms with Crippen molar-refractivity contribution in [2.75, 3.05) is 6.61 Å². The van der Waals surface area contributed by atoms with E-state index in [0.717, 1.165) is 22.6 Å². The van der Waals surface area contributed by atoms with Crippen molar-refractivity contribution in [1.82, 2.24) is 19.5 Å². The van der Waals surface area contributed by atoms with Crippen molar-refractivity contribution < 1.29 is 5.11 Å². The predicted molar refractivity (Wildman–Crippen MR) is 72.5 cm³/mol. The van der Waals surface area contributed by atoms with Crippen molar-refractivity contribution in [3.63, 3.8) is 0 Å². The molecule has 0 aliphatic heterocycles. The van der Waals surface area contributed by atoms with Gasteiger partial charge in [0.15, 0.2) is 5.65 Å². The van der Waals surface area contributed by atoms with Crippen LogP contribution in [0.2, 0.25) is 0 Å². The number of imidazole rings is 1. The van der Waals surface area contributed by atoms with Crippen LogP contribution in [-0.2, 0) is 6.54 Å². The minimum absolute atomic E-state index is 0.152. The zero-order valence-electron chi connectivity index (χ0n) is 10.4. The number of aliphatic hydroxyl groups excluding tert-OH is 1. The lowest BCUT2D eigenvalue weighted by Gasteiger charge is -2.07. The van der Waals surface area contributed by atoms with Gasteiger partial charge in [0.25, 0.3) is 0 Å². The van der Waals surface area contributed by atoms with Gasteiger partial charge in [-0.2, -0.15) is 0 Å². The normalized spacial score (nSPS) is 11.0. The molecule has 0 aromatic carbocycles. The Morgan fingerprint density at radius 3 is 2.84 bits per heavy atom. The molecule has 3 aromatic heterocycles. The van der Waals surface area contributed by atoms with Crippen LogP contribution in [0.25, 0.3) is 22.6 Å². The highest BCUT2D eigenvalue weighted by Gasteiger charge is 2.12. The quantitative estimate of drug-likeness (QED) is 0.772. The number of aryl methyl sites for hydroxylation is 1. The van der Waals surface area contributed by atoms with Crippen molar-refractivity contribution >= 4 is 11.2 Å². The van der Waals surface area contributed by atoms with E-state index in [-0.39, 0.29) is 6.61 Å². The Morgan fingerprint density at radius 2 is 2.05 bits per heavy atom. The SMILES string of the molecule is OCCCn1c(-c2cccnc2)nc2cccnc21. The lowest BCUT2D eigenvalue weighted by atomic mass is 10.2. The summed E-state index contributed by atoms with van der Waals surface area (Å²) in [5, 5.41) is 9.03. The molecule has 3 aromatic rings. The molecule has 0 aliphatic carbocycles. The van der Waals surface area contributed by atoms with Gasteiger partial charge in [0.05, 0.1) is 0 Å². The third-order valence-corrected chi connectivity index (χ3v) is 2.96. The minimum Gasteiger partial charge on any atom is -0.396 e. The third kappa shape index (κ3) is 2.20. The van der Waals surface area contributed by atoms with Crippen molar-refractivity contribution in [3.05, 3.63) is 42.9 Å². The first kappa shape index (κ1) is 11.8. The Morgan fingerprint density at radius 1 is 1.16 bits per heavy atom. The van der Waals surface area contributed by atoms with E-state index in [4.69, 9.17) is 5.11 Å². The van der Waals surface area contributed by atoms with Crippen molar-refractivity contribution in [2.24, 2.45) is 0 Å². The molecule has 1 N–H and O–H groups in total. The predicted octanol–water partition coefficient (Wildman–Crippen LogP) is 1.88. The molecule has 0 spiro atoms. The van der Waals surface area contributed by atoms with E-state index >= 15 is 0 Å². The average molecular weight is 254 g/mol. The third-order valence-electron chi connectivity index (χ3n) is 2.96. The molecule has 0 unspecified atom stereocenters. The van der Waals surface area contributed by atoms with Gasteiger partial charge < -0.3 is 9.67 Å². The first-order valence-corrected chi connectivity index (χ1v) is 6.22. The number of hydrogen-bond donors (Lipinski definition) is 1. The molecule has 0 saturated heterocycles. The monoisotopic (exact) mass is 254 g/mol. The van der Waals surface area contributed by atoms with Crippen LogP contribution in [0, 0.1) is 0 Å². The Bertz CT molecular complexity index is 678. The second-order valence-corrected chi connectivity index (χ2v) is 4.25. The Balaban J connectivity index is 2.17. The number of pyridine rings is 2. The number of nitrogens with zero attached hydrogens (tertiary/aromatic N) is 4. The lowest BCUT2D eigenvalue weighted by molar-refractivity contribution is 0.280. The molecule has 0 bridgehead atoms. The summed E-state index contributed by atoms with van der Waals surface area (Å²) in [7, 11) is 0. The zero-order chi connectivity index (χ0) is 13.1. The maximum Gasteiger partial charge on any atom is 0.160 e. The van der Waals surface area contributed by atoms with Crippen LogP contribution in [0.5, 0.6) is 0 Å². The second kappa shape index (κ2) is 5.16. The molecule has 0 radical (unpaired) electrons. The van der Waals surface area contributed by atoms with Crippen LogP contribution in [0.3, 0.4) is 0 Å². The van der Waals surface area contributed by atoms with Gasteiger partial charge in [0.1, 0.15) is 11.3 Å². The largest absolute Gasteiger partial charge is 0.396 e. The molecule has 3 heterocycles. The molecule has 5 heteroatoms. The van der Waals surface area contributed by atoms with E-state index in [0.29, 0.717) is 13.0 Å². The number of rotatable bonds is 4. The fourth-order valence-corrected chi connectivity index (χ4v) is 2.11. The first-order valence-electron chi connectivity index (χ1n) is 6.22. The highest BCUT2D eigenvalue weighted by Crippen LogP contribution is 2.22. The molecule has 0 atom stereocenters. The van der Waals surface area contributed by atoms with Gasteiger partial charge in [0.2, 0.25) is 0 Å². The summed E-state index contributed by atoms with van der Waals surface area (Å²) in [6.07, 6.45) is 5.96. The first-order chi connectivity index (χ1) is 9.40. The second-order valence-electron chi connectivity index (χ2n) is 4.25. The van der Waals surface area contributed by atoms with E-state index in [1.807, 2.05) is 28.8 Å². The summed E-state index contributed by atoms with van der Waals surface area (Å²) in [5.74, 6) is 0.843. The van der Waals surface area contributed by atoms with Crippen LogP contribution in [0.1, 0.15) is 6.42 Å². The standard InChI is InChI=1S/C14H14N4O/c19-9-3-8-18-13(11-4-1-6-15-10-11)17-12-5-2-7-16-14(12)18/h1-2,4-7,10,19H,3,8-9H2. The van der Waals surface area contributed by atoms with Crippen molar-refractivity contribution in [2.45, 2.75) is 13.0 Å². The van der Waals surface area contributed by atoms with Gasteiger partial charge in [-0.05, 0) is 30.7 Å². The maximum absolute atomic E-state index is 9.03. The van der Waals surface area contributed by atoms with Crippen molar-refractivity contribution in [3.8, 4) is 11.4 Å². The van der Waals surface area contributed by atoms with Gasteiger partial charge in [0, 0.05) is 37.3 Å². The number of fused-ring (bicyclic) bond motifs is 1. The van der Waals surface area contributed by atoms with Gasteiger partial charge in [-0.15, -0.1) is 0 Å². The summed E-state index contributed by atoms with van der Waals surface area (Å²) in [5.41, 5.74) is 2.66. The highest BCUT2D eigenvalue weighted by molar-refractivity contribution is 5.76. The number of hydrogen-bond acceptors (Lipinski definition) is 4. The Labute approximate surface area is 110 Å². The Kier molecular flexibility index (Phi) is 3.20. The molecule has 0 aliphatic rings. The molecular weight excluding hydrogens is 240 g/mol.